The zero-order valence-corrected chi connectivity index (χ0v) is 15.2. The minimum atomic E-state index is 0.381. The van der Waals surface area contributed by atoms with Gasteiger partial charge < -0.3 is 14.3 Å². The normalized spacial score (nSPS) is 12.0. The number of imidazole rings is 1. The highest BCUT2D eigenvalue weighted by molar-refractivity contribution is 5.91. The van der Waals surface area contributed by atoms with Crippen molar-refractivity contribution in [2.24, 2.45) is 0 Å². The van der Waals surface area contributed by atoms with E-state index in [9.17, 15) is 5.26 Å². The Hall–Kier alpha value is -3.00. The van der Waals surface area contributed by atoms with Crippen molar-refractivity contribution in [3.63, 3.8) is 0 Å². The molecular weight excluding hydrogens is 312 g/mol. The maximum Gasteiger partial charge on any atom is 0.149 e. The fourth-order valence-electron chi connectivity index (χ4n) is 3.30. The molecule has 0 saturated carbocycles. The number of rotatable bonds is 4. The standard InChI is InChI=1S/C20H22N4O/c1-12(2)24-13(3)8-15(14(24)4)9-16(11-21)20-22-18-7-6-17(25-5)10-19(18)23-20/h6-10,12H,1-5H3,(H,22,23)/b16-9-. The van der Waals surface area contributed by atoms with Gasteiger partial charge >= 0.3 is 0 Å². The van der Waals surface area contributed by atoms with Crippen molar-refractivity contribution in [1.29, 1.82) is 5.26 Å². The first-order valence-corrected chi connectivity index (χ1v) is 8.29. The van der Waals surface area contributed by atoms with Crippen LogP contribution in [-0.4, -0.2) is 21.6 Å². The molecule has 1 N–H and O–H groups in total. The molecule has 1 aromatic carbocycles. The number of nitriles is 1. The van der Waals surface area contributed by atoms with Crippen molar-refractivity contribution in [3.8, 4) is 11.8 Å². The number of H-pyrrole nitrogens is 1. The van der Waals surface area contributed by atoms with E-state index in [1.807, 2.05) is 24.3 Å². The summed E-state index contributed by atoms with van der Waals surface area (Å²) in [4.78, 5) is 7.76. The smallest absolute Gasteiger partial charge is 0.149 e. The second-order valence-electron chi connectivity index (χ2n) is 6.43. The summed E-state index contributed by atoms with van der Waals surface area (Å²) in [5.41, 5.74) is 5.55. The monoisotopic (exact) mass is 334 g/mol. The Kier molecular flexibility index (Phi) is 4.37. The molecule has 0 radical (unpaired) electrons. The lowest BCUT2D eigenvalue weighted by atomic mass is 10.1. The molecule has 2 aromatic heterocycles. The van der Waals surface area contributed by atoms with Crippen molar-refractivity contribution in [3.05, 3.63) is 47.0 Å². The average molecular weight is 334 g/mol. The first-order chi connectivity index (χ1) is 11.9. The molecule has 128 valence electrons. The van der Waals surface area contributed by atoms with Crippen LogP contribution in [0.4, 0.5) is 0 Å². The quantitative estimate of drug-likeness (QED) is 0.707. The maximum atomic E-state index is 9.63. The van der Waals surface area contributed by atoms with E-state index in [0.717, 1.165) is 28.0 Å². The molecule has 0 aliphatic heterocycles. The number of methoxy groups -OCH3 is 1. The number of aromatic nitrogens is 3. The topological polar surface area (TPSA) is 66.6 Å². The zero-order valence-electron chi connectivity index (χ0n) is 15.2. The van der Waals surface area contributed by atoms with E-state index in [1.54, 1.807) is 7.11 Å². The summed E-state index contributed by atoms with van der Waals surface area (Å²) in [6.45, 7) is 8.48. The van der Waals surface area contributed by atoms with Gasteiger partial charge in [-0.25, -0.2) is 4.98 Å². The van der Waals surface area contributed by atoms with E-state index in [-0.39, 0.29) is 0 Å². The molecule has 0 amide bonds. The van der Waals surface area contributed by atoms with Gasteiger partial charge in [-0.2, -0.15) is 5.26 Å². The van der Waals surface area contributed by atoms with Gasteiger partial charge in [-0.05, 0) is 57.5 Å². The second kappa shape index (κ2) is 6.48. The Bertz CT molecular complexity index is 999. The Morgan fingerprint density at radius 2 is 2.08 bits per heavy atom. The summed E-state index contributed by atoms with van der Waals surface area (Å²) in [5.74, 6) is 1.32. The molecule has 0 saturated heterocycles. The predicted molar refractivity (Wildman–Crippen MR) is 100 cm³/mol. The molecule has 0 fully saturated rings. The molecule has 0 bridgehead atoms. The molecule has 2 heterocycles. The molecule has 0 spiro atoms. The first kappa shape index (κ1) is 16.8. The lowest BCUT2D eigenvalue weighted by Crippen LogP contribution is -2.04. The van der Waals surface area contributed by atoms with Crippen molar-refractivity contribution in [1.82, 2.24) is 14.5 Å². The van der Waals surface area contributed by atoms with E-state index in [4.69, 9.17) is 4.74 Å². The van der Waals surface area contributed by atoms with Gasteiger partial charge in [-0.3, -0.25) is 0 Å². The van der Waals surface area contributed by atoms with Gasteiger partial charge in [0.1, 0.15) is 17.6 Å². The zero-order chi connectivity index (χ0) is 18.1. The molecule has 0 aliphatic carbocycles. The van der Waals surface area contributed by atoms with Gasteiger partial charge in [0.25, 0.3) is 0 Å². The third-order valence-corrected chi connectivity index (χ3v) is 4.40. The second-order valence-corrected chi connectivity index (χ2v) is 6.43. The van der Waals surface area contributed by atoms with Crippen molar-refractivity contribution >= 4 is 22.7 Å². The molecule has 3 rings (SSSR count). The highest BCUT2D eigenvalue weighted by atomic mass is 16.5. The van der Waals surface area contributed by atoms with E-state index in [1.165, 1.54) is 5.69 Å². The number of aryl methyl sites for hydroxylation is 1. The Balaban J connectivity index is 2.07. The van der Waals surface area contributed by atoms with E-state index in [2.05, 4.69) is 54.4 Å². The Morgan fingerprint density at radius 1 is 1.32 bits per heavy atom. The number of ether oxygens (including phenoxy) is 1. The molecular formula is C20H22N4O. The summed E-state index contributed by atoms with van der Waals surface area (Å²) in [6, 6.07) is 10.4. The molecule has 0 aliphatic rings. The van der Waals surface area contributed by atoms with Crippen molar-refractivity contribution < 1.29 is 4.74 Å². The minimum Gasteiger partial charge on any atom is -0.497 e. The third-order valence-electron chi connectivity index (χ3n) is 4.40. The Labute approximate surface area is 147 Å². The van der Waals surface area contributed by atoms with E-state index in [0.29, 0.717) is 17.4 Å². The first-order valence-electron chi connectivity index (χ1n) is 8.29. The lowest BCUT2D eigenvalue weighted by molar-refractivity contribution is 0.415. The number of nitrogens with one attached hydrogen (secondary N) is 1. The molecule has 0 atom stereocenters. The number of fused-ring (bicyclic) bond motifs is 1. The van der Waals surface area contributed by atoms with Crippen LogP contribution >= 0.6 is 0 Å². The summed E-state index contributed by atoms with van der Waals surface area (Å²) >= 11 is 0. The van der Waals surface area contributed by atoms with Crippen LogP contribution < -0.4 is 4.74 Å². The lowest BCUT2D eigenvalue weighted by Gasteiger charge is -2.13. The summed E-state index contributed by atoms with van der Waals surface area (Å²) in [7, 11) is 1.63. The highest BCUT2D eigenvalue weighted by Crippen LogP contribution is 2.26. The predicted octanol–water partition coefficient (Wildman–Crippen LogP) is 4.63. The molecule has 3 aromatic rings. The molecule has 5 heteroatoms. The van der Waals surface area contributed by atoms with Gasteiger partial charge in [0.15, 0.2) is 0 Å². The van der Waals surface area contributed by atoms with Crippen LogP contribution in [0.15, 0.2) is 24.3 Å². The molecule has 0 unspecified atom stereocenters. The SMILES string of the molecule is COc1ccc2nc(/C(C#N)=C\c3cc(C)n(C(C)C)c3C)[nH]c2c1. The number of benzene rings is 1. The third kappa shape index (κ3) is 3.03. The summed E-state index contributed by atoms with van der Waals surface area (Å²) < 4.78 is 7.51. The molecule has 5 nitrogen and oxygen atoms in total. The number of allylic oxidation sites excluding steroid dienone is 1. The van der Waals surface area contributed by atoms with Crippen LogP contribution in [-0.2, 0) is 0 Å². The fraction of sp³-hybridized carbons (Fsp3) is 0.300. The van der Waals surface area contributed by atoms with E-state index < -0.39 is 0 Å². The van der Waals surface area contributed by atoms with Gasteiger partial charge in [0.2, 0.25) is 0 Å². The van der Waals surface area contributed by atoms with Gasteiger partial charge in [0.05, 0.1) is 23.7 Å². The van der Waals surface area contributed by atoms with Crippen LogP contribution in [0.3, 0.4) is 0 Å². The van der Waals surface area contributed by atoms with Crippen LogP contribution in [0.25, 0.3) is 22.7 Å². The average Bonchev–Trinajstić information content (AvgIpc) is 3.12. The summed E-state index contributed by atoms with van der Waals surface area (Å²) in [6.07, 6.45) is 1.90. The minimum absolute atomic E-state index is 0.381. The number of hydrogen-bond donors (Lipinski definition) is 1. The van der Waals surface area contributed by atoms with Crippen LogP contribution in [0.2, 0.25) is 0 Å². The fourth-order valence-corrected chi connectivity index (χ4v) is 3.30. The van der Waals surface area contributed by atoms with Crippen LogP contribution in [0.1, 0.15) is 42.7 Å². The number of aromatic amines is 1. The number of nitrogens with zero attached hydrogens (tertiary/aromatic N) is 3. The van der Waals surface area contributed by atoms with Gasteiger partial charge in [-0.15, -0.1) is 0 Å². The maximum absolute atomic E-state index is 9.63. The number of hydrogen-bond acceptors (Lipinski definition) is 3. The van der Waals surface area contributed by atoms with Crippen LogP contribution in [0, 0.1) is 25.2 Å². The van der Waals surface area contributed by atoms with Crippen molar-refractivity contribution in [2.75, 3.05) is 7.11 Å². The van der Waals surface area contributed by atoms with E-state index >= 15 is 0 Å². The van der Waals surface area contributed by atoms with Crippen LogP contribution in [0.5, 0.6) is 5.75 Å². The Morgan fingerprint density at radius 3 is 2.68 bits per heavy atom. The van der Waals surface area contributed by atoms with Gasteiger partial charge in [-0.1, -0.05) is 0 Å². The van der Waals surface area contributed by atoms with Gasteiger partial charge in [0, 0.05) is 23.5 Å². The van der Waals surface area contributed by atoms with Crippen molar-refractivity contribution in [2.45, 2.75) is 33.7 Å². The summed E-state index contributed by atoms with van der Waals surface area (Å²) in [5, 5.41) is 9.63. The molecule has 25 heavy (non-hydrogen) atoms. The highest BCUT2D eigenvalue weighted by Gasteiger charge is 2.13. The largest absolute Gasteiger partial charge is 0.497 e.